The quantitative estimate of drug-likeness (QED) is 0.716. The molecule has 1 atom stereocenters. The highest BCUT2D eigenvalue weighted by atomic mass is 32.1. The second-order valence-corrected chi connectivity index (χ2v) is 5.52. The number of aromatic nitrogens is 1. The molecule has 3 rings (SSSR count). The zero-order valence-corrected chi connectivity index (χ0v) is 12.5. The Kier molecular flexibility index (Phi) is 3.59. The number of hydrogen-bond acceptors (Lipinski definition) is 4. The number of ether oxygens (including phenoxy) is 1. The van der Waals surface area contributed by atoms with Crippen molar-refractivity contribution in [1.82, 2.24) is 4.98 Å². The highest BCUT2D eigenvalue weighted by Crippen LogP contribution is 2.35. The number of para-hydroxylation sites is 1. The maximum absolute atomic E-state index is 13.7. The van der Waals surface area contributed by atoms with E-state index in [1.54, 1.807) is 19.2 Å². The van der Waals surface area contributed by atoms with Crippen LogP contribution < -0.4 is 4.74 Å². The number of rotatable bonds is 3. The summed E-state index contributed by atoms with van der Waals surface area (Å²) in [5, 5.41) is 0.0655. The van der Waals surface area contributed by atoms with Crippen molar-refractivity contribution in [2.24, 2.45) is 0 Å². The first-order valence-electron chi connectivity index (χ1n) is 6.51. The van der Waals surface area contributed by atoms with Gasteiger partial charge in [0.15, 0.2) is 11.4 Å². The van der Waals surface area contributed by atoms with E-state index in [0.717, 1.165) is 5.56 Å². The molecule has 0 bridgehead atoms. The topological polar surface area (TPSA) is 35.3 Å². The number of fused-ring (bicyclic) bond motifs is 1. The molecule has 0 aliphatic carbocycles. The molecule has 0 radical (unpaired) electrons. The van der Waals surface area contributed by atoms with Crippen molar-refractivity contribution in [3.05, 3.63) is 47.8 Å². The Hall–Kier alpha value is -2.01. The third-order valence-electron chi connectivity index (χ3n) is 3.31. The average molecular weight is 303 g/mol. The molecule has 2 aromatic carbocycles. The van der Waals surface area contributed by atoms with Crippen molar-refractivity contribution in [2.75, 3.05) is 7.11 Å². The molecule has 0 N–H and O–H groups in total. The first-order valence-corrected chi connectivity index (χ1v) is 7.03. The Bertz CT molecular complexity index is 798. The lowest BCUT2D eigenvalue weighted by molar-refractivity contribution is 0.414. The van der Waals surface area contributed by atoms with Gasteiger partial charge >= 0.3 is 0 Å². The number of oxazole rings is 1. The van der Waals surface area contributed by atoms with Gasteiger partial charge in [-0.25, -0.2) is 9.37 Å². The summed E-state index contributed by atoms with van der Waals surface area (Å²) in [5.41, 5.74) is 2.33. The van der Waals surface area contributed by atoms with Crippen LogP contribution >= 0.6 is 12.6 Å². The number of methoxy groups -OCH3 is 1. The molecule has 0 saturated heterocycles. The van der Waals surface area contributed by atoms with Gasteiger partial charge in [-0.2, -0.15) is 12.6 Å². The summed E-state index contributed by atoms with van der Waals surface area (Å²) in [5.74, 6) is 0.558. The molecule has 3 nitrogen and oxygen atoms in total. The van der Waals surface area contributed by atoms with Gasteiger partial charge in [-0.1, -0.05) is 12.1 Å². The molecule has 0 aliphatic rings. The molecule has 0 saturated carbocycles. The van der Waals surface area contributed by atoms with Crippen LogP contribution in [0.4, 0.5) is 4.39 Å². The van der Waals surface area contributed by atoms with E-state index >= 15 is 0 Å². The standard InChI is InChI=1S/C16H14FNO2S/c1-9(21)10-6-7-13(19-2)11(8-10)16-18-15-12(17)4-3-5-14(15)20-16/h3-9,21H,1-2H3. The van der Waals surface area contributed by atoms with Crippen LogP contribution in [0, 0.1) is 5.82 Å². The van der Waals surface area contributed by atoms with Crippen molar-refractivity contribution in [3.8, 4) is 17.2 Å². The fourth-order valence-electron chi connectivity index (χ4n) is 2.18. The number of hydrogen-bond donors (Lipinski definition) is 1. The van der Waals surface area contributed by atoms with Crippen LogP contribution in [-0.4, -0.2) is 12.1 Å². The summed E-state index contributed by atoms with van der Waals surface area (Å²) in [4.78, 5) is 4.24. The molecule has 1 unspecified atom stereocenters. The lowest BCUT2D eigenvalue weighted by atomic mass is 10.1. The maximum Gasteiger partial charge on any atom is 0.231 e. The Morgan fingerprint density at radius 1 is 1.29 bits per heavy atom. The molecule has 0 spiro atoms. The molecule has 1 aromatic heterocycles. The number of halogens is 1. The minimum Gasteiger partial charge on any atom is -0.496 e. The fraction of sp³-hybridized carbons (Fsp3) is 0.188. The third-order valence-corrected chi connectivity index (χ3v) is 3.60. The summed E-state index contributed by atoms with van der Waals surface area (Å²) >= 11 is 4.43. The molecule has 3 aromatic rings. The molecule has 21 heavy (non-hydrogen) atoms. The first kappa shape index (κ1) is 13.9. The average Bonchev–Trinajstić information content (AvgIpc) is 2.92. The van der Waals surface area contributed by atoms with Gasteiger partial charge in [0.2, 0.25) is 5.89 Å². The molecular weight excluding hydrogens is 289 g/mol. The van der Waals surface area contributed by atoms with Crippen LogP contribution in [0.5, 0.6) is 5.75 Å². The largest absolute Gasteiger partial charge is 0.496 e. The van der Waals surface area contributed by atoms with Crippen molar-refractivity contribution >= 4 is 23.7 Å². The second kappa shape index (κ2) is 5.41. The molecule has 0 fully saturated rings. The van der Waals surface area contributed by atoms with E-state index in [1.165, 1.54) is 6.07 Å². The lowest BCUT2D eigenvalue weighted by Gasteiger charge is -2.10. The van der Waals surface area contributed by atoms with Gasteiger partial charge in [0.25, 0.3) is 0 Å². The van der Waals surface area contributed by atoms with Gasteiger partial charge < -0.3 is 9.15 Å². The van der Waals surface area contributed by atoms with E-state index in [4.69, 9.17) is 9.15 Å². The molecule has 1 heterocycles. The van der Waals surface area contributed by atoms with Gasteiger partial charge in [0.1, 0.15) is 11.3 Å². The Labute approximate surface area is 127 Å². The number of nitrogens with zero attached hydrogens (tertiary/aromatic N) is 1. The highest BCUT2D eigenvalue weighted by molar-refractivity contribution is 7.80. The predicted octanol–water partition coefficient (Wildman–Crippen LogP) is 4.63. The smallest absolute Gasteiger partial charge is 0.231 e. The number of benzene rings is 2. The summed E-state index contributed by atoms with van der Waals surface area (Å²) in [7, 11) is 1.58. The SMILES string of the molecule is COc1ccc(C(C)S)cc1-c1nc2c(F)cccc2o1. The second-order valence-electron chi connectivity index (χ2n) is 4.74. The van der Waals surface area contributed by atoms with Gasteiger partial charge in [0, 0.05) is 5.25 Å². The zero-order valence-electron chi connectivity index (χ0n) is 11.6. The Balaban J connectivity index is 2.21. The number of thiol groups is 1. The third kappa shape index (κ3) is 2.49. The summed E-state index contributed by atoms with van der Waals surface area (Å²) < 4.78 is 24.7. The molecule has 108 valence electrons. The monoisotopic (exact) mass is 303 g/mol. The lowest BCUT2D eigenvalue weighted by Crippen LogP contribution is -1.92. The fourth-order valence-corrected chi connectivity index (χ4v) is 2.34. The van der Waals surface area contributed by atoms with Gasteiger partial charge in [-0.05, 0) is 36.8 Å². The zero-order chi connectivity index (χ0) is 15.0. The van der Waals surface area contributed by atoms with E-state index in [-0.39, 0.29) is 10.8 Å². The maximum atomic E-state index is 13.7. The van der Waals surface area contributed by atoms with Crippen molar-refractivity contribution in [3.63, 3.8) is 0 Å². The Morgan fingerprint density at radius 3 is 2.76 bits per heavy atom. The van der Waals surface area contributed by atoms with Crippen LogP contribution in [0.15, 0.2) is 40.8 Å². The normalized spacial score (nSPS) is 12.6. The van der Waals surface area contributed by atoms with Gasteiger partial charge in [-0.15, -0.1) is 0 Å². The molecule has 0 aliphatic heterocycles. The van der Waals surface area contributed by atoms with Gasteiger partial charge in [-0.3, -0.25) is 0 Å². The van der Waals surface area contributed by atoms with Crippen LogP contribution in [0.2, 0.25) is 0 Å². The van der Waals surface area contributed by atoms with Crippen LogP contribution in [-0.2, 0) is 0 Å². The van der Waals surface area contributed by atoms with Gasteiger partial charge in [0.05, 0.1) is 12.7 Å². The minimum atomic E-state index is -0.403. The first-order chi connectivity index (χ1) is 10.1. The predicted molar refractivity (Wildman–Crippen MR) is 83.4 cm³/mol. The van der Waals surface area contributed by atoms with E-state index < -0.39 is 5.82 Å². The van der Waals surface area contributed by atoms with E-state index in [1.807, 2.05) is 25.1 Å². The molecule has 0 amide bonds. The van der Waals surface area contributed by atoms with E-state index in [9.17, 15) is 4.39 Å². The van der Waals surface area contributed by atoms with E-state index in [2.05, 4.69) is 17.6 Å². The highest BCUT2D eigenvalue weighted by Gasteiger charge is 2.16. The van der Waals surface area contributed by atoms with Crippen LogP contribution in [0.25, 0.3) is 22.6 Å². The molecule has 5 heteroatoms. The van der Waals surface area contributed by atoms with Crippen LogP contribution in [0.1, 0.15) is 17.7 Å². The minimum absolute atomic E-state index is 0.0655. The van der Waals surface area contributed by atoms with Crippen molar-refractivity contribution in [1.29, 1.82) is 0 Å². The summed E-state index contributed by atoms with van der Waals surface area (Å²) in [6.45, 7) is 1.97. The van der Waals surface area contributed by atoms with Crippen LogP contribution in [0.3, 0.4) is 0 Å². The molecular formula is C16H14FNO2S. The summed E-state index contributed by atoms with van der Waals surface area (Å²) in [6, 6.07) is 10.3. The van der Waals surface area contributed by atoms with E-state index in [0.29, 0.717) is 22.8 Å². The van der Waals surface area contributed by atoms with Crippen molar-refractivity contribution in [2.45, 2.75) is 12.2 Å². The summed E-state index contributed by atoms with van der Waals surface area (Å²) in [6.07, 6.45) is 0. The Morgan fingerprint density at radius 2 is 2.10 bits per heavy atom. The van der Waals surface area contributed by atoms with Crippen molar-refractivity contribution < 1.29 is 13.5 Å².